The van der Waals surface area contributed by atoms with Crippen molar-refractivity contribution < 1.29 is 23.9 Å². The summed E-state index contributed by atoms with van der Waals surface area (Å²) >= 11 is 0. The van der Waals surface area contributed by atoms with Crippen LogP contribution in [0.1, 0.15) is 33.6 Å². The average molecular weight is 479 g/mol. The second kappa shape index (κ2) is 9.77. The highest BCUT2D eigenvalue weighted by molar-refractivity contribution is 6.15. The van der Waals surface area contributed by atoms with E-state index in [0.717, 1.165) is 0 Å². The van der Waals surface area contributed by atoms with Crippen LogP contribution in [0.3, 0.4) is 0 Å². The van der Waals surface area contributed by atoms with Crippen LogP contribution >= 0.6 is 0 Å². The second-order valence-corrected chi connectivity index (χ2v) is 9.34. The number of likely N-dealkylation sites (tertiary alicyclic amines) is 1. The number of rotatable bonds is 4. The van der Waals surface area contributed by atoms with E-state index in [-0.39, 0.29) is 11.9 Å². The van der Waals surface area contributed by atoms with Gasteiger partial charge < -0.3 is 20.3 Å². The summed E-state index contributed by atoms with van der Waals surface area (Å²) in [7, 11) is 0. The van der Waals surface area contributed by atoms with Gasteiger partial charge in [0.25, 0.3) is 5.91 Å². The first-order valence-electron chi connectivity index (χ1n) is 11.7. The highest BCUT2D eigenvalue weighted by Crippen LogP contribution is 2.37. The first-order chi connectivity index (χ1) is 16.7. The zero-order valence-electron chi connectivity index (χ0n) is 20.1. The maximum atomic E-state index is 13.4. The number of nitrogens with zero attached hydrogens (tertiary/aromatic N) is 2. The SMILES string of the molecule is CC(OC(=O)C1CCN(C(=O)Nc2ccccc2)CC1)C(=O)N1c2ccccc2NC(=O)C1(C)C. The Morgan fingerprint density at radius 2 is 1.66 bits per heavy atom. The van der Waals surface area contributed by atoms with Gasteiger partial charge in [-0.15, -0.1) is 0 Å². The minimum Gasteiger partial charge on any atom is -0.452 e. The first-order valence-corrected chi connectivity index (χ1v) is 11.7. The van der Waals surface area contributed by atoms with Gasteiger partial charge in [0, 0.05) is 18.8 Å². The molecule has 0 aliphatic carbocycles. The number of fused-ring (bicyclic) bond motifs is 1. The number of piperidine rings is 1. The van der Waals surface area contributed by atoms with E-state index in [4.69, 9.17) is 4.74 Å². The van der Waals surface area contributed by atoms with Gasteiger partial charge in [-0.1, -0.05) is 30.3 Å². The van der Waals surface area contributed by atoms with Crippen LogP contribution in [0.15, 0.2) is 54.6 Å². The van der Waals surface area contributed by atoms with Crippen molar-refractivity contribution >= 4 is 40.9 Å². The number of hydrogen-bond acceptors (Lipinski definition) is 5. The zero-order chi connectivity index (χ0) is 25.2. The van der Waals surface area contributed by atoms with Gasteiger partial charge in [0.05, 0.1) is 17.3 Å². The summed E-state index contributed by atoms with van der Waals surface area (Å²) in [5.74, 6) is -1.66. The number of amides is 4. The number of carbonyl (C=O) groups excluding carboxylic acids is 4. The molecule has 0 bridgehead atoms. The maximum Gasteiger partial charge on any atom is 0.321 e. The monoisotopic (exact) mass is 478 g/mol. The van der Waals surface area contributed by atoms with E-state index in [2.05, 4.69) is 10.6 Å². The molecule has 4 amide bonds. The van der Waals surface area contributed by atoms with Gasteiger partial charge in [0.15, 0.2) is 6.10 Å². The summed E-state index contributed by atoms with van der Waals surface area (Å²) < 4.78 is 5.56. The molecule has 1 saturated heterocycles. The Kier molecular flexibility index (Phi) is 6.77. The third kappa shape index (κ3) is 4.99. The Morgan fingerprint density at radius 3 is 2.34 bits per heavy atom. The van der Waals surface area contributed by atoms with Gasteiger partial charge in [-0.3, -0.25) is 19.3 Å². The van der Waals surface area contributed by atoms with Crippen LogP contribution < -0.4 is 15.5 Å². The first kappa shape index (κ1) is 24.3. The van der Waals surface area contributed by atoms with Gasteiger partial charge >= 0.3 is 12.0 Å². The van der Waals surface area contributed by atoms with Gasteiger partial charge in [-0.25, -0.2) is 4.79 Å². The lowest BCUT2D eigenvalue weighted by Gasteiger charge is -2.43. The summed E-state index contributed by atoms with van der Waals surface area (Å²) in [6, 6.07) is 16.0. The molecule has 0 spiro atoms. The molecule has 0 aromatic heterocycles. The Morgan fingerprint density at radius 1 is 1.03 bits per heavy atom. The fourth-order valence-electron chi connectivity index (χ4n) is 4.39. The summed E-state index contributed by atoms with van der Waals surface area (Å²) in [5.41, 5.74) is 0.652. The highest BCUT2D eigenvalue weighted by atomic mass is 16.5. The molecule has 2 N–H and O–H groups in total. The quantitative estimate of drug-likeness (QED) is 0.653. The number of para-hydroxylation sites is 3. The molecule has 0 saturated carbocycles. The minimum atomic E-state index is -1.15. The molecule has 35 heavy (non-hydrogen) atoms. The van der Waals surface area contributed by atoms with Crippen LogP contribution in [0.4, 0.5) is 21.9 Å². The highest BCUT2D eigenvalue weighted by Gasteiger charge is 2.45. The molecule has 2 aliphatic heterocycles. The van der Waals surface area contributed by atoms with Crippen LogP contribution in [0.5, 0.6) is 0 Å². The molecule has 9 nitrogen and oxygen atoms in total. The maximum absolute atomic E-state index is 13.4. The standard InChI is InChI=1S/C26H30N4O5/c1-17(22(31)30-21-12-8-7-11-20(21)28-24(33)26(30,2)3)35-23(32)18-13-15-29(16-14-18)25(34)27-19-9-5-4-6-10-19/h4-12,17-18H,13-16H2,1-3H3,(H,27,34)(H,28,33). The van der Waals surface area contributed by atoms with Crippen molar-refractivity contribution in [1.29, 1.82) is 0 Å². The van der Waals surface area contributed by atoms with Crippen LogP contribution in [-0.4, -0.2) is 53.4 Å². The van der Waals surface area contributed by atoms with E-state index in [0.29, 0.717) is 43.0 Å². The van der Waals surface area contributed by atoms with E-state index in [1.165, 1.54) is 11.8 Å². The lowest BCUT2D eigenvalue weighted by Crippen LogP contribution is -2.60. The molecular weight excluding hydrogens is 448 g/mol. The van der Waals surface area contributed by atoms with E-state index < -0.39 is 29.4 Å². The van der Waals surface area contributed by atoms with Gasteiger partial charge in [0.1, 0.15) is 5.54 Å². The lowest BCUT2D eigenvalue weighted by atomic mass is 9.95. The van der Waals surface area contributed by atoms with Crippen LogP contribution in [0.2, 0.25) is 0 Å². The molecule has 1 atom stereocenters. The molecule has 4 rings (SSSR count). The van der Waals surface area contributed by atoms with E-state index in [9.17, 15) is 19.2 Å². The Bertz CT molecular complexity index is 1130. The van der Waals surface area contributed by atoms with Crippen molar-refractivity contribution in [2.45, 2.75) is 45.3 Å². The normalized spacial score (nSPS) is 18.2. The van der Waals surface area contributed by atoms with Gasteiger partial charge in [0.2, 0.25) is 5.91 Å². The number of carbonyl (C=O) groups is 4. The molecular formula is C26H30N4O5. The molecule has 2 aromatic carbocycles. The molecule has 1 unspecified atom stereocenters. The van der Waals surface area contributed by atoms with Crippen molar-refractivity contribution in [3.05, 3.63) is 54.6 Å². The Balaban J connectivity index is 1.35. The summed E-state index contributed by atoms with van der Waals surface area (Å²) in [6.07, 6.45) is -0.176. The number of esters is 1. The average Bonchev–Trinajstić information content (AvgIpc) is 2.85. The summed E-state index contributed by atoms with van der Waals surface area (Å²) in [5, 5.41) is 5.66. The Labute approximate surface area is 204 Å². The van der Waals surface area contributed by atoms with Crippen molar-refractivity contribution in [3.8, 4) is 0 Å². The molecule has 2 aromatic rings. The molecule has 1 fully saturated rings. The van der Waals surface area contributed by atoms with Crippen LogP contribution in [0.25, 0.3) is 0 Å². The number of anilines is 3. The van der Waals surface area contributed by atoms with E-state index in [1.54, 1.807) is 43.0 Å². The van der Waals surface area contributed by atoms with Crippen molar-refractivity contribution in [2.24, 2.45) is 5.92 Å². The Hall–Kier alpha value is -3.88. The summed E-state index contributed by atoms with van der Waals surface area (Å²) in [4.78, 5) is 54.4. The minimum absolute atomic E-state index is 0.212. The molecule has 184 valence electrons. The summed E-state index contributed by atoms with van der Waals surface area (Å²) in [6.45, 7) is 5.65. The molecule has 2 heterocycles. The number of nitrogens with one attached hydrogen (secondary N) is 2. The number of ether oxygens (including phenoxy) is 1. The van der Waals surface area contributed by atoms with Gasteiger partial charge in [-0.2, -0.15) is 0 Å². The van der Waals surface area contributed by atoms with Crippen molar-refractivity contribution in [3.63, 3.8) is 0 Å². The largest absolute Gasteiger partial charge is 0.452 e. The molecule has 0 radical (unpaired) electrons. The third-order valence-electron chi connectivity index (χ3n) is 6.51. The van der Waals surface area contributed by atoms with Crippen LogP contribution in [0, 0.1) is 5.92 Å². The number of urea groups is 1. The van der Waals surface area contributed by atoms with Crippen molar-refractivity contribution in [1.82, 2.24) is 4.90 Å². The predicted octanol–water partition coefficient (Wildman–Crippen LogP) is 3.63. The van der Waals surface area contributed by atoms with Crippen molar-refractivity contribution in [2.75, 3.05) is 28.6 Å². The van der Waals surface area contributed by atoms with E-state index >= 15 is 0 Å². The number of hydrogen-bond donors (Lipinski definition) is 2. The zero-order valence-corrected chi connectivity index (χ0v) is 20.1. The smallest absolute Gasteiger partial charge is 0.321 e. The number of benzene rings is 2. The van der Waals surface area contributed by atoms with Crippen LogP contribution in [-0.2, 0) is 19.1 Å². The lowest BCUT2D eigenvalue weighted by molar-refractivity contribution is -0.159. The van der Waals surface area contributed by atoms with Gasteiger partial charge in [-0.05, 0) is 57.9 Å². The second-order valence-electron chi connectivity index (χ2n) is 9.34. The molecule has 2 aliphatic rings. The molecule has 9 heteroatoms. The predicted molar refractivity (Wildman–Crippen MR) is 132 cm³/mol. The van der Waals surface area contributed by atoms with E-state index in [1.807, 2.05) is 30.3 Å². The fourth-order valence-corrected chi connectivity index (χ4v) is 4.39. The fraction of sp³-hybridized carbons (Fsp3) is 0.385. The topological polar surface area (TPSA) is 108 Å². The third-order valence-corrected chi connectivity index (χ3v) is 6.51.